The molecule has 2 heterocycles. The molecule has 5 nitrogen and oxygen atoms in total. The van der Waals surface area contributed by atoms with Crippen LogP contribution in [0.5, 0.6) is 0 Å². The van der Waals surface area contributed by atoms with Gasteiger partial charge in [0.1, 0.15) is 17.3 Å². The largest absolute Gasteiger partial charge is 0.416 e. The second-order valence-corrected chi connectivity index (χ2v) is 7.20. The van der Waals surface area contributed by atoms with Crippen LogP contribution in [0.2, 0.25) is 0 Å². The van der Waals surface area contributed by atoms with Crippen molar-refractivity contribution in [3.8, 4) is 0 Å². The number of alkyl halides is 3. The molecule has 0 radical (unpaired) electrons. The molecule has 0 atom stereocenters. The number of hydrogen-bond acceptors (Lipinski definition) is 5. The van der Waals surface area contributed by atoms with E-state index in [4.69, 9.17) is 0 Å². The molecule has 0 spiro atoms. The molecule has 1 N–H and O–H groups in total. The monoisotopic (exact) mass is 419 g/mol. The molecular formula is C20H16F3N3O2S. The molecule has 0 unspecified atom stereocenters. The van der Waals surface area contributed by atoms with Gasteiger partial charge in [0.25, 0.3) is 5.91 Å². The Morgan fingerprint density at radius 3 is 2.45 bits per heavy atom. The maximum atomic E-state index is 12.9. The Hall–Kier alpha value is -3.07. The Balaban J connectivity index is 1.61. The number of rotatable bonds is 6. The topological polar surface area (TPSA) is 72.0 Å². The number of pyridine rings is 1. The van der Waals surface area contributed by atoms with Gasteiger partial charge < -0.3 is 5.32 Å². The number of anilines is 1. The summed E-state index contributed by atoms with van der Waals surface area (Å²) in [6.45, 7) is 1.56. The molecule has 2 aromatic heterocycles. The van der Waals surface area contributed by atoms with Crippen molar-refractivity contribution in [1.29, 1.82) is 0 Å². The van der Waals surface area contributed by atoms with E-state index in [1.807, 2.05) is 0 Å². The van der Waals surface area contributed by atoms with Gasteiger partial charge in [-0.25, -0.2) is 9.97 Å². The van der Waals surface area contributed by atoms with Crippen molar-refractivity contribution in [2.45, 2.75) is 25.9 Å². The first-order chi connectivity index (χ1) is 13.7. The summed E-state index contributed by atoms with van der Waals surface area (Å²) < 4.78 is 38.8. The Morgan fingerprint density at radius 2 is 1.83 bits per heavy atom. The molecule has 0 saturated carbocycles. The standard InChI is InChI=1S/C20H16F3N3O2S/c1-12-4-14(6-15(5-12)20(21,22)23)8-16(27)7-13-2-3-18(24-9-13)26-19(28)17-10-29-11-25-17/h2-6,9-11H,7-8H2,1H3,(H,24,26,28). The third-order valence-electron chi connectivity index (χ3n) is 4.00. The molecule has 0 saturated heterocycles. The molecular weight excluding hydrogens is 403 g/mol. The van der Waals surface area contributed by atoms with Crippen molar-refractivity contribution in [2.24, 2.45) is 0 Å². The Labute approximate surface area is 168 Å². The molecule has 3 rings (SSSR count). The minimum absolute atomic E-state index is 0.0304. The van der Waals surface area contributed by atoms with E-state index in [9.17, 15) is 22.8 Å². The average Bonchev–Trinajstić information content (AvgIpc) is 3.17. The average molecular weight is 419 g/mol. The SMILES string of the molecule is Cc1cc(CC(=O)Cc2ccc(NC(=O)c3cscn3)nc2)cc(C(F)(F)F)c1. The predicted octanol–water partition coefficient (Wildman–Crippen LogP) is 4.47. The van der Waals surface area contributed by atoms with Crippen LogP contribution in [0.25, 0.3) is 0 Å². The summed E-state index contributed by atoms with van der Waals surface area (Å²) in [4.78, 5) is 32.2. The van der Waals surface area contributed by atoms with E-state index in [1.165, 1.54) is 17.5 Å². The second kappa shape index (κ2) is 8.52. The first-order valence-electron chi connectivity index (χ1n) is 8.54. The minimum atomic E-state index is -4.45. The summed E-state index contributed by atoms with van der Waals surface area (Å²) in [5, 5.41) is 4.20. The highest BCUT2D eigenvalue weighted by atomic mass is 32.1. The van der Waals surface area contributed by atoms with E-state index in [1.54, 1.807) is 36.0 Å². The lowest BCUT2D eigenvalue weighted by Gasteiger charge is -2.10. The summed E-state index contributed by atoms with van der Waals surface area (Å²) in [5.41, 5.74) is 2.44. The molecule has 150 valence electrons. The van der Waals surface area contributed by atoms with E-state index >= 15 is 0 Å². The van der Waals surface area contributed by atoms with E-state index in [0.29, 0.717) is 22.5 Å². The van der Waals surface area contributed by atoms with Gasteiger partial charge >= 0.3 is 6.18 Å². The number of carbonyl (C=O) groups excluding carboxylic acids is 2. The number of thiazole rings is 1. The van der Waals surface area contributed by atoms with Gasteiger partial charge in [-0.1, -0.05) is 17.7 Å². The fraction of sp³-hybridized carbons (Fsp3) is 0.200. The lowest BCUT2D eigenvalue weighted by Crippen LogP contribution is -2.13. The maximum absolute atomic E-state index is 12.9. The van der Waals surface area contributed by atoms with E-state index in [2.05, 4.69) is 15.3 Å². The molecule has 1 amide bonds. The normalized spacial score (nSPS) is 11.3. The van der Waals surface area contributed by atoms with Gasteiger partial charge in [0.05, 0.1) is 11.1 Å². The zero-order chi connectivity index (χ0) is 21.0. The van der Waals surface area contributed by atoms with Gasteiger partial charge in [0.2, 0.25) is 0 Å². The van der Waals surface area contributed by atoms with Crippen LogP contribution >= 0.6 is 11.3 Å². The molecule has 3 aromatic rings. The summed E-state index contributed by atoms with van der Waals surface area (Å²) in [6, 6.07) is 6.82. The third-order valence-corrected chi connectivity index (χ3v) is 4.58. The first-order valence-corrected chi connectivity index (χ1v) is 9.49. The van der Waals surface area contributed by atoms with Crippen LogP contribution in [0.4, 0.5) is 19.0 Å². The Kier molecular flexibility index (Phi) is 6.07. The highest BCUT2D eigenvalue weighted by Gasteiger charge is 2.31. The number of aromatic nitrogens is 2. The number of ketones is 1. The Bertz CT molecular complexity index is 1020. The van der Waals surface area contributed by atoms with Gasteiger partial charge in [-0.3, -0.25) is 9.59 Å². The number of Topliss-reactive ketones (excluding diaryl/α,β-unsaturated/α-hetero) is 1. The summed E-state index contributed by atoms with van der Waals surface area (Å²) >= 11 is 1.30. The number of carbonyl (C=O) groups is 2. The number of nitrogens with one attached hydrogen (secondary N) is 1. The molecule has 1 aromatic carbocycles. The molecule has 9 heteroatoms. The number of halogens is 3. The van der Waals surface area contributed by atoms with Crippen molar-refractivity contribution in [3.63, 3.8) is 0 Å². The van der Waals surface area contributed by atoms with Crippen LogP contribution in [-0.4, -0.2) is 21.7 Å². The first kappa shape index (κ1) is 20.7. The van der Waals surface area contributed by atoms with Crippen LogP contribution in [0.1, 0.15) is 32.7 Å². The second-order valence-electron chi connectivity index (χ2n) is 6.48. The molecule has 0 fully saturated rings. The number of benzene rings is 1. The smallest absolute Gasteiger partial charge is 0.305 e. The zero-order valence-corrected chi connectivity index (χ0v) is 16.1. The highest BCUT2D eigenvalue weighted by Crippen LogP contribution is 2.30. The number of hydrogen-bond donors (Lipinski definition) is 1. The van der Waals surface area contributed by atoms with Crippen molar-refractivity contribution >= 4 is 28.8 Å². The van der Waals surface area contributed by atoms with Crippen LogP contribution in [-0.2, 0) is 23.8 Å². The van der Waals surface area contributed by atoms with Crippen molar-refractivity contribution in [3.05, 3.63) is 75.4 Å². The minimum Gasteiger partial charge on any atom is -0.305 e. The number of nitrogens with zero attached hydrogens (tertiary/aromatic N) is 2. The van der Waals surface area contributed by atoms with Crippen LogP contribution in [0, 0.1) is 6.92 Å². The van der Waals surface area contributed by atoms with Crippen molar-refractivity contribution in [1.82, 2.24) is 9.97 Å². The van der Waals surface area contributed by atoms with Gasteiger partial charge in [0, 0.05) is 24.4 Å². The van der Waals surface area contributed by atoms with Crippen LogP contribution < -0.4 is 5.32 Å². The molecule has 0 aliphatic heterocycles. The molecule has 0 aliphatic rings. The van der Waals surface area contributed by atoms with Crippen LogP contribution in [0.3, 0.4) is 0 Å². The van der Waals surface area contributed by atoms with Crippen molar-refractivity contribution in [2.75, 3.05) is 5.32 Å². The third kappa shape index (κ3) is 5.71. The summed E-state index contributed by atoms with van der Waals surface area (Å²) in [7, 11) is 0. The lowest BCUT2D eigenvalue weighted by atomic mass is 9.99. The quantitative estimate of drug-likeness (QED) is 0.640. The van der Waals surface area contributed by atoms with Gasteiger partial charge in [-0.15, -0.1) is 11.3 Å². The number of aryl methyl sites for hydroxylation is 1. The van der Waals surface area contributed by atoms with Crippen LogP contribution in [0.15, 0.2) is 47.4 Å². The van der Waals surface area contributed by atoms with E-state index < -0.39 is 11.7 Å². The predicted molar refractivity (Wildman–Crippen MR) is 103 cm³/mol. The van der Waals surface area contributed by atoms with E-state index in [-0.39, 0.29) is 30.2 Å². The summed E-state index contributed by atoms with van der Waals surface area (Å²) in [6.07, 6.45) is -3.08. The van der Waals surface area contributed by atoms with Crippen molar-refractivity contribution < 1.29 is 22.8 Å². The fourth-order valence-corrected chi connectivity index (χ4v) is 3.29. The highest BCUT2D eigenvalue weighted by molar-refractivity contribution is 7.07. The molecule has 0 aliphatic carbocycles. The van der Waals surface area contributed by atoms with Gasteiger partial charge in [-0.05, 0) is 36.2 Å². The Morgan fingerprint density at radius 1 is 1.07 bits per heavy atom. The molecule has 0 bridgehead atoms. The van der Waals surface area contributed by atoms with E-state index in [0.717, 1.165) is 12.1 Å². The molecule has 29 heavy (non-hydrogen) atoms. The lowest BCUT2D eigenvalue weighted by molar-refractivity contribution is -0.137. The van der Waals surface area contributed by atoms with Gasteiger partial charge in [-0.2, -0.15) is 13.2 Å². The maximum Gasteiger partial charge on any atom is 0.416 e. The fourth-order valence-electron chi connectivity index (χ4n) is 2.75. The zero-order valence-electron chi connectivity index (χ0n) is 15.3. The van der Waals surface area contributed by atoms with Gasteiger partial charge in [0.15, 0.2) is 0 Å². The number of amides is 1. The summed E-state index contributed by atoms with van der Waals surface area (Å²) in [5.74, 6) is -0.306.